The fraction of sp³-hybridized carbons (Fsp3) is 0.500. The van der Waals surface area contributed by atoms with Crippen LogP contribution in [-0.4, -0.2) is 12.4 Å². The molecule has 1 aliphatic carbocycles. The summed E-state index contributed by atoms with van der Waals surface area (Å²) < 4.78 is 5.65. The normalized spacial score (nSPS) is 23.3. The third kappa shape index (κ3) is 1.44. The first-order valence-electron chi connectivity index (χ1n) is 6.08. The van der Waals surface area contributed by atoms with E-state index in [1.165, 1.54) is 24.0 Å². The third-order valence-corrected chi connectivity index (χ3v) is 3.65. The molecule has 2 heteroatoms. The van der Waals surface area contributed by atoms with Gasteiger partial charge in [0.2, 0.25) is 0 Å². The number of Topliss-reactive ketones (excluding diaryl/α,β-unsaturated/α-hetero) is 1. The van der Waals surface area contributed by atoms with Gasteiger partial charge in [-0.15, -0.1) is 0 Å². The van der Waals surface area contributed by atoms with Crippen molar-refractivity contribution in [3.8, 4) is 5.75 Å². The highest BCUT2D eigenvalue weighted by molar-refractivity contribution is 6.01. The fourth-order valence-corrected chi connectivity index (χ4v) is 2.63. The molecule has 1 aromatic carbocycles. The Morgan fingerprint density at radius 2 is 1.88 bits per heavy atom. The van der Waals surface area contributed by atoms with Gasteiger partial charge in [0.1, 0.15) is 5.75 Å². The number of rotatable bonds is 0. The SMILES string of the molecule is CC1COc2cc3c(cc2C1=O)CCCC3. The van der Waals surface area contributed by atoms with Crippen LogP contribution in [0, 0.1) is 5.92 Å². The zero-order chi connectivity index (χ0) is 11.1. The summed E-state index contributed by atoms with van der Waals surface area (Å²) in [5.74, 6) is 1.06. The van der Waals surface area contributed by atoms with Crippen molar-refractivity contribution >= 4 is 5.78 Å². The lowest BCUT2D eigenvalue weighted by molar-refractivity contribution is 0.0848. The van der Waals surface area contributed by atoms with Crippen LogP contribution in [0.25, 0.3) is 0 Å². The second kappa shape index (κ2) is 3.62. The lowest BCUT2D eigenvalue weighted by atomic mass is 9.87. The molecule has 3 rings (SSSR count). The van der Waals surface area contributed by atoms with E-state index in [2.05, 4.69) is 12.1 Å². The molecule has 0 bridgehead atoms. The van der Waals surface area contributed by atoms with Crippen molar-refractivity contribution in [2.45, 2.75) is 32.6 Å². The first-order valence-corrected chi connectivity index (χ1v) is 6.08. The number of ketones is 1. The number of aryl methyl sites for hydroxylation is 2. The summed E-state index contributed by atoms with van der Waals surface area (Å²) in [5, 5.41) is 0. The van der Waals surface area contributed by atoms with Crippen molar-refractivity contribution < 1.29 is 9.53 Å². The van der Waals surface area contributed by atoms with Crippen LogP contribution in [0.5, 0.6) is 5.75 Å². The maximum absolute atomic E-state index is 12.0. The molecule has 84 valence electrons. The molecule has 0 aromatic heterocycles. The Balaban J connectivity index is 2.10. The molecule has 0 saturated carbocycles. The highest BCUT2D eigenvalue weighted by atomic mass is 16.5. The molecule has 0 amide bonds. The molecule has 0 fully saturated rings. The Bertz CT molecular complexity index is 448. The molecule has 1 unspecified atom stereocenters. The molecule has 2 nitrogen and oxygen atoms in total. The number of ether oxygens (including phenoxy) is 1. The highest BCUT2D eigenvalue weighted by Gasteiger charge is 2.27. The van der Waals surface area contributed by atoms with E-state index in [-0.39, 0.29) is 11.7 Å². The van der Waals surface area contributed by atoms with Crippen LogP contribution < -0.4 is 4.74 Å². The smallest absolute Gasteiger partial charge is 0.172 e. The van der Waals surface area contributed by atoms with E-state index in [0.717, 1.165) is 24.2 Å². The van der Waals surface area contributed by atoms with E-state index in [0.29, 0.717) is 6.61 Å². The Labute approximate surface area is 95.6 Å². The van der Waals surface area contributed by atoms with Gasteiger partial charge in [-0.1, -0.05) is 6.92 Å². The summed E-state index contributed by atoms with van der Waals surface area (Å²) in [6.45, 7) is 2.47. The van der Waals surface area contributed by atoms with Gasteiger partial charge in [-0.05, 0) is 48.9 Å². The Kier molecular flexibility index (Phi) is 2.23. The van der Waals surface area contributed by atoms with Gasteiger partial charge in [0.15, 0.2) is 5.78 Å². The predicted molar refractivity (Wildman–Crippen MR) is 62.1 cm³/mol. The molecule has 1 heterocycles. The van der Waals surface area contributed by atoms with Crippen molar-refractivity contribution in [3.63, 3.8) is 0 Å². The zero-order valence-corrected chi connectivity index (χ0v) is 9.58. The molecule has 0 N–H and O–H groups in total. The molecular weight excluding hydrogens is 200 g/mol. The Morgan fingerprint density at radius 1 is 1.19 bits per heavy atom. The average Bonchev–Trinajstić information content (AvgIpc) is 2.32. The quantitative estimate of drug-likeness (QED) is 0.666. The van der Waals surface area contributed by atoms with Crippen molar-refractivity contribution in [3.05, 3.63) is 28.8 Å². The van der Waals surface area contributed by atoms with E-state index in [4.69, 9.17) is 4.74 Å². The van der Waals surface area contributed by atoms with Crippen LogP contribution in [-0.2, 0) is 12.8 Å². The Morgan fingerprint density at radius 3 is 2.62 bits per heavy atom. The van der Waals surface area contributed by atoms with Crippen LogP contribution in [0.1, 0.15) is 41.3 Å². The lowest BCUT2D eigenvalue weighted by Crippen LogP contribution is -2.26. The van der Waals surface area contributed by atoms with E-state index < -0.39 is 0 Å². The molecule has 1 atom stereocenters. The van der Waals surface area contributed by atoms with Crippen LogP contribution >= 0.6 is 0 Å². The molecule has 16 heavy (non-hydrogen) atoms. The number of hydrogen-bond acceptors (Lipinski definition) is 2. The number of hydrogen-bond donors (Lipinski definition) is 0. The van der Waals surface area contributed by atoms with Gasteiger partial charge in [-0.2, -0.15) is 0 Å². The fourth-order valence-electron chi connectivity index (χ4n) is 2.63. The predicted octanol–water partition coefficient (Wildman–Crippen LogP) is 2.78. The van der Waals surface area contributed by atoms with Gasteiger partial charge in [-0.3, -0.25) is 4.79 Å². The molecule has 0 saturated heterocycles. The summed E-state index contributed by atoms with van der Waals surface area (Å²) in [6.07, 6.45) is 4.76. The van der Waals surface area contributed by atoms with E-state index in [1.54, 1.807) is 0 Å². The topological polar surface area (TPSA) is 26.3 Å². The standard InChI is InChI=1S/C14H16O2/c1-9-8-16-13-7-11-5-3-2-4-10(11)6-12(13)14(9)15/h6-7,9H,2-5,8H2,1H3. The van der Waals surface area contributed by atoms with Crippen LogP contribution in [0.4, 0.5) is 0 Å². The van der Waals surface area contributed by atoms with E-state index >= 15 is 0 Å². The van der Waals surface area contributed by atoms with Gasteiger partial charge in [0.25, 0.3) is 0 Å². The van der Waals surface area contributed by atoms with Gasteiger partial charge in [-0.25, -0.2) is 0 Å². The molecule has 0 radical (unpaired) electrons. The van der Waals surface area contributed by atoms with Gasteiger partial charge < -0.3 is 4.74 Å². The monoisotopic (exact) mass is 216 g/mol. The zero-order valence-electron chi connectivity index (χ0n) is 9.58. The number of benzene rings is 1. The summed E-state index contributed by atoms with van der Waals surface area (Å²) in [6, 6.07) is 4.16. The summed E-state index contributed by atoms with van der Waals surface area (Å²) in [7, 11) is 0. The largest absolute Gasteiger partial charge is 0.492 e. The first kappa shape index (κ1) is 9.88. The number of fused-ring (bicyclic) bond motifs is 2. The van der Waals surface area contributed by atoms with Crippen molar-refractivity contribution in [1.82, 2.24) is 0 Å². The molecule has 2 aliphatic rings. The molecular formula is C14H16O2. The molecule has 1 aliphatic heterocycles. The first-order chi connectivity index (χ1) is 7.75. The van der Waals surface area contributed by atoms with Gasteiger partial charge in [0.05, 0.1) is 18.1 Å². The molecule has 1 aromatic rings. The second-order valence-electron chi connectivity index (χ2n) is 4.90. The van der Waals surface area contributed by atoms with E-state index in [9.17, 15) is 4.79 Å². The second-order valence-corrected chi connectivity index (χ2v) is 4.90. The number of carbonyl (C=O) groups excluding carboxylic acids is 1. The van der Waals surface area contributed by atoms with Crippen molar-refractivity contribution in [2.24, 2.45) is 5.92 Å². The van der Waals surface area contributed by atoms with Gasteiger partial charge >= 0.3 is 0 Å². The van der Waals surface area contributed by atoms with Crippen molar-refractivity contribution in [1.29, 1.82) is 0 Å². The lowest BCUT2D eigenvalue weighted by Gasteiger charge is -2.25. The summed E-state index contributed by atoms with van der Waals surface area (Å²) in [4.78, 5) is 12.0. The van der Waals surface area contributed by atoms with Crippen LogP contribution in [0.3, 0.4) is 0 Å². The Hall–Kier alpha value is -1.31. The van der Waals surface area contributed by atoms with Gasteiger partial charge in [0, 0.05) is 0 Å². The van der Waals surface area contributed by atoms with E-state index in [1.807, 2.05) is 6.92 Å². The average molecular weight is 216 g/mol. The summed E-state index contributed by atoms with van der Waals surface area (Å²) in [5.41, 5.74) is 3.54. The minimum Gasteiger partial charge on any atom is -0.492 e. The van der Waals surface area contributed by atoms with Crippen LogP contribution in [0.2, 0.25) is 0 Å². The maximum atomic E-state index is 12.0. The summed E-state index contributed by atoms with van der Waals surface area (Å²) >= 11 is 0. The number of carbonyl (C=O) groups is 1. The highest BCUT2D eigenvalue weighted by Crippen LogP contribution is 2.33. The van der Waals surface area contributed by atoms with Crippen molar-refractivity contribution in [2.75, 3.05) is 6.61 Å². The van der Waals surface area contributed by atoms with Crippen LogP contribution in [0.15, 0.2) is 12.1 Å². The molecule has 0 spiro atoms. The minimum atomic E-state index is 0.00846. The minimum absolute atomic E-state index is 0.00846. The third-order valence-electron chi connectivity index (χ3n) is 3.65. The maximum Gasteiger partial charge on any atom is 0.172 e.